The monoisotopic (exact) mass is 386 g/mol. The molecule has 3 amide bonds. The molecule has 0 aliphatic carbocycles. The minimum atomic E-state index is -0.761. The van der Waals surface area contributed by atoms with Gasteiger partial charge in [-0.1, -0.05) is 30.3 Å². The second-order valence-electron chi connectivity index (χ2n) is 5.74. The number of hydrogen-bond donors (Lipinski definition) is 4. The summed E-state index contributed by atoms with van der Waals surface area (Å²) in [5.41, 5.74) is 11.6. The molecule has 0 saturated carbocycles. The van der Waals surface area contributed by atoms with E-state index in [1.165, 1.54) is 6.92 Å². The van der Waals surface area contributed by atoms with Crippen LogP contribution in [0.5, 0.6) is 0 Å². The van der Waals surface area contributed by atoms with Crippen LogP contribution in [0.4, 0.5) is 4.79 Å². The summed E-state index contributed by atoms with van der Waals surface area (Å²) in [7, 11) is 0. The molecule has 0 heterocycles. The molecule has 0 spiro atoms. The predicted molar refractivity (Wildman–Crippen MR) is 101 cm³/mol. The topological polar surface area (TPSA) is 137 Å². The van der Waals surface area contributed by atoms with Gasteiger partial charge < -0.3 is 26.8 Å². The number of primary amides is 1. The summed E-state index contributed by atoms with van der Waals surface area (Å²) in [4.78, 5) is 34.4. The minimum Gasteiger partial charge on any atom is -0.445 e. The van der Waals surface area contributed by atoms with Crippen LogP contribution in [0, 0.1) is 0 Å². The molecule has 0 unspecified atom stereocenters. The molecule has 146 valence electrons. The van der Waals surface area contributed by atoms with Gasteiger partial charge in [0.25, 0.3) is 0 Å². The van der Waals surface area contributed by atoms with Crippen LogP contribution in [0.1, 0.15) is 31.7 Å². The van der Waals surface area contributed by atoms with E-state index in [1.54, 1.807) is 0 Å². The smallest absolute Gasteiger partial charge is 0.407 e. The Morgan fingerprint density at radius 1 is 1.15 bits per heavy atom. The summed E-state index contributed by atoms with van der Waals surface area (Å²) in [6.45, 7) is 2.14. The van der Waals surface area contributed by atoms with Gasteiger partial charge in [0.2, 0.25) is 11.8 Å². The van der Waals surface area contributed by atoms with E-state index in [-0.39, 0.29) is 19.0 Å². The Balaban J connectivity index is 0.00000625. The van der Waals surface area contributed by atoms with Crippen LogP contribution >= 0.6 is 12.4 Å². The number of unbranched alkanes of at least 4 members (excludes halogenated alkanes) is 1. The molecule has 0 aliphatic rings. The van der Waals surface area contributed by atoms with Crippen LogP contribution < -0.4 is 22.1 Å². The summed E-state index contributed by atoms with van der Waals surface area (Å²) in [6.07, 6.45) is 1.11. The van der Waals surface area contributed by atoms with Crippen molar-refractivity contribution in [1.29, 1.82) is 0 Å². The normalized spacial score (nSPS) is 12.2. The molecule has 0 aromatic heterocycles. The van der Waals surface area contributed by atoms with Crippen molar-refractivity contribution in [3.63, 3.8) is 0 Å². The zero-order valence-corrected chi connectivity index (χ0v) is 15.6. The Hall–Kier alpha value is -2.32. The number of halogens is 1. The van der Waals surface area contributed by atoms with Gasteiger partial charge in [-0.25, -0.2) is 4.79 Å². The van der Waals surface area contributed by atoms with Gasteiger partial charge in [-0.15, -0.1) is 12.4 Å². The molecule has 0 radical (unpaired) electrons. The zero-order chi connectivity index (χ0) is 18.7. The lowest BCUT2D eigenvalue weighted by molar-refractivity contribution is -0.128. The Kier molecular flexibility index (Phi) is 11.8. The Morgan fingerprint density at radius 3 is 2.38 bits per heavy atom. The zero-order valence-electron chi connectivity index (χ0n) is 14.8. The van der Waals surface area contributed by atoms with Gasteiger partial charge >= 0.3 is 6.09 Å². The molecule has 0 saturated heterocycles. The van der Waals surface area contributed by atoms with Crippen LogP contribution in [-0.4, -0.2) is 36.5 Å². The third-order valence-electron chi connectivity index (χ3n) is 3.48. The molecule has 9 heteroatoms. The number of carbonyl (C=O) groups is 3. The number of ether oxygens (including phenoxy) is 1. The molecular formula is C17H27ClN4O4. The fraction of sp³-hybridized carbons (Fsp3) is 0.471. The number of carbonyl (C=O) groups excluding carboxylic acids is 3. The highest BCUT2D eigenvalue weighted by Crippen LogP contribution is 2.02. The van der Waals surface area contributed by atoms with Gasteiger partial charge in [0, 0.05) is 6.54 Å². The van der Waals surface area contributed by atoms with E-state index in [1.807, 2.05) is 30.3 Å². The molecule has 8 nitrogen and oxygen atoms in total. The van der Waals surface area contributed by atoms with Crippen molar-refractivity contribution in [1.82, 2.24) is 10.6 Å². The van der Waals surface area contributed by atoms with Gasteiger partial charge in [-0.2, -0.15) is 0 Å². The molecule has 1 rings (SSSR count). The van der Waals surface area contributed by atoms with E-state index in [2.05, 4.69) is 10.6 Å². The molecule has 6 N–H and O–H groups in total. The maximum atomic E-state index is 11.6. The van der Waals surface area contributed by atoms with Gasteiger partial charge in [0.05, 0.1) is 6.04 Å². The van der Waals surface area contributed by atoms with Crippen LogP contribution in [0.25, 0.3) is 0 Å². The second-order valence-corrected chi connectivity index (χ2v) is 5.74. The predicted octanol–water partition coefficient (Wildman–Crippen LogP) is 0.822. The SMILES string of the molecule is C[C@H](N)C(=O)N[C@@H](CCCCNC(=O)OCc1ccccc1)C(N)=O.Cl. The van der Waals surface area contributed by atoms with Crippen molar-refractivity contribution < 1.29 is 19.1 Å². The number of nitrogens with one attached hydrogen (secondary N) is 2. The lowest BCUT2D eigenvalue weighted by atomic mass is 10.1. The van der Waals surface area contributed by atoms with Crippen molar-refractivity contribution in [3.8, 4) is 0 Å². The fourth-order valence-electron chi connectivity index (χ4n) is 2.03. The average Bonchev–Trinajstić information content (AvgIpc) is 2.59. The van der Waals surface area contributed by atoms with E-state index in [0.29, 0.717) is 25.8 Å². The minimum absolute atomic E-state index is 0. The highest BCUT2D eigenvalue weighted by atomic mass is 35.5. The summed E-state index contributed by atoms with van der Waals surface area (Å²) in [5.74, 6) is -1.03. The molecule has 1 aromatic rings. The number of rotatable bonds is 10. The van der Waals surface area contributed by atoms with Gasteiger partial charge in [0.1, 0.15) is 12.6 Å². The number of alkyl carbamates (subject to hydrolysis) is 1. The van der Waals surface area contributed by atoms with Crippen LogP contribution in [0.2, 0.25) is 0 Å². The van der Waals surface area contributed by atoms with E-state index < -0.39 is 30.0 Å². The molecule has 1 aromatic carbocycles. The van der Waals surface area contributed by atoms with Crippen molar-refractivity contribution in [3.05, 3.63) is 35.9 Å². The van der Waals surface area contributed by atoms with Crippen molar-refractivity contribution in [2.24, 2.45) is 11.5 Å². The second kappa shape index (κ2) is 13.0. The summed E-state index contributed by atoms with van der Waals surface area (Å²) < 4.78 is 5.08. The molecule has 2 atom stereocenters. The van der Waals surface area contributed by atoms with Crippen LogP contribution in [0.15, 0.2) is 30.3 Å². The number of nitrogens with two attached hydrogens (primary N) is 2. The van der Waals surface area contributed by atoms with Crippen LogP contribution in [0.3, 0.4) is 0 Å². The number of benzene rings is 1. The molecular weight excluding hydrogens is 360 g/mol. The maximum Gasteiger partial charge on any atom is 0.407 e. The first-order valence-corrected chi connectivity index (χ1v) is 8.20. The summed E-state index contributed by atoms with van der Waals surface area (Å²) >= 11 is 0. The standard InChI is InChI=1S/C17H26N4O4.ClH/c1-12(18)16(23)21-14(15(19)22)9-5-6-10-20-17(24)25-11-13-7-3-2-4-8-13;/h2-4,7-8,12,14H,5-6,9-11,18H2,1H3,(H2,19,22)(H,20,24)(H,21,23);1H/t12-,14-;/m0./s1. The van der Waals surface area contributed by atoms with Gasteiger partial charge in [0.15, 0.2) is 0 Å². The summed E-state index contributed by atoms with van der Waals surface area (Å²) in [5, 5.41) is 5.13. The Bertz CT molecular complexity index is 569. The van der Waals surface area contributed by atoms with Crippen LogP contribution in [-0.2, 0) is 20.9 Å². The van der Waals surface area contributed by atoms with Gasteiger partial charge in [-0.05, 0) is 31.7 Å². The maximum absolute atomic E-state index is 11.6. The molecule has 26 heavy (non-hydrogen) atoms. The Labute approximate surface area is 159 Å². The Morgan fingerprint density at radius 2 is 1.81 bits per heavy atom. The third kappa shape index (κ3) is 9.85. The van der Waals surface area contributed by atoms with E-state index in [9.17, 15) is 14.4 Å². The number of amides is 3. The first-order valence-electron chi connectivity index (χ1n) is 8.20. The highest BCUT2D eigenvalue weighted by Gasteiger charge is 2.19. The molecule has 0 bridgehead atoms. The third-order valence-corrected chi connectivity index (χ3v) is 3.48. The van der Waals surface area contributed by atoms with Crippen molar-refractivity contribution in [2.75, 3.05) is 6.54 Å². The van der Waals surface area contributed by atoms with Crippen molar-refractivity contribution >= 4 is 30.3 Å². The average molecular weight is 387 g/mol. The highest BCUT2D eigenvalue weighted by molar-refractivity contribution is 5.88. The number of hydrogen-bond acceptors (Lipinski definition) is 5. The lowest BCUT2D eigenvalue weighted by Gasteiger charge is -2.16. The van der Waals surface area contributed by atoms with Crippen molar-refractivity contribution in [2.45, 2.75) is 44.9 Å². The summed E-state index contributed by atoms with van der Waals surface area (Å²) in [6, 6.07) is 7.90. The first-order chi connectivity index (χ1) is 11.9. The molecule has 0 fully saturated rings. The first kappa shape index (κ1) is 23.7. The quantitative estimate of drug-likeness (QED) is 0.441. The largest absolute Gasteiger partial charge is 0.445 e. The molecule has 0 aliphatic heterocycles. The fourth-order valence-corrected chi connectivity index (χ4v) is 2.03. The van der Waals surface area contributed by atoms with E-state index >= 15 is 0 Å². The van der Waals surface area contributed by atoms with Gasteiger partial charge in [-0.3, -0.25) is 9.59 Å². The van der Waals surface area contributed by atoms with E-state index in [4.69, 9.17) is 16.2 Å². The lowest BCUT2D eigenvalue weighted by Crippen LogP contribution is -2.49. The van der Waals surface area contributed by atoms with E-state index in [0.717, 1.165) is 5.56 Å².